The van der Waals surface area contributed by atoms with E-state index in [9.17, 15) is 4.79 Å². The Hall–Kier alpha value is -0.490. The second-order valence-electron chi connectivity index (χ2n) is 10.9. The Bertz CT molecular complexity index is 678. The van der Waals surface area contributed by atoms with Crippen molar-refractivity contribution in [2.24, 2.45) is 34.5 Å². The third kappa shape index (κ3) is 2.15. The van der Waals surface area contributed by atoms with Gasteiger partial charge in [-0.1, -0.05) is 13.8 Å². The highest BCUT2D eigenvalue weighted by molar-refractivity contribution is 5.83. The minimum atomic E-state index is -0.473. The molecule has 0 amide bonds. The highest BCUT2D eigenvalue weighted by Gasteiger charge is 2.69. The molecule has 2 aliphatic heterocycles. The third-order valence-electron chi connectivity index (χ3n) is 10.1. The van der Waals surface area contributed by atoms with Crippen molar-refractivity contribution in [1.29, 1.82) is 0 Å². The van der Waals surface area contributed by atoms with Crippen LogP contribution in [-0.4, -0.2) is 43.8 Å². The molecule has 4 saturated carbocycles. The predicted molar refractivity (Wildman–Crippen MR) is 101 cm³/mol. The van der Waals surface area contributed by atoms with Crippen LogP contribution in [-0.2, 0) is 23.7 Å². The van der Waals surface area contributed by atoms with E-state index in [-0.39, 0.29) is 22.5 Å². The molecule has 6 aliphatic rings. The summed E-state index contributed by atoms with van der Waals surface area (Å²) in [4.78, 5) is 13.5. The Morgan fingerprint density at radius 1 is 0.821 bits per heavy atom. The van der Waals surface area contributed by atoms with Crippen LogP contribution >= 0.6 is 0 Å². The molecule has 0 aromatic carbocycles. The lowest BCUT2D eigenvalue weighted by atomic mass is 9.44. The molecule has 0 unspecified atom stereocenters. The maximum absolute atomic E-state index is 13.5. The van der Waals surface area contributed by atoms with Gasteiger partial charge in [0.2, 0.25) is 0 Å². The fraction of sp³-hybridized carbons (Fsp3) is 0.957. The molecular weight excluding hydrogens is 356 g/mol. The first-order valence-corrected chi connectivity index (χ1v) is 11.5. The fourth-order valence-electron chi connectivity index (χ4n) is 8.62. The van der Waals surface area contributed by atoms with Crippen LogP contribution in [0, 0.1) is 34.5 Å². The van der Waals surface area contributed by atoms with Gasteiger partial charge in [0.1, 0.15) is 5.78 Å². The van der Waals surface area contributed by atoms with E-state index in [1.54, 1.807) is 0 Å². The Balaban J connectivity index is 1.31. The number of carbonyl (C=O) groups is 1. The molecule has 6 fully saturated rings. The van der Waals surface area contributed by atoms with Crippen LogP contribution in [0.5, 0.6) is 0 Å². The lowest BCUT2D eigenvalue weighted by molar-refractivity contribution is -0.254. The Morgan fingerprint density at radius 3 is 2.25 bits per heavy atom. The monoisotopic (exact) mass is 390 g/mol. The average Bonchev–Trinajstić information content (AvgIpc) is 3.39. The van der Waals surface area contributed by atoms with E-state index in [4.69, 9.17) is 18.9 Å². The van der Waals surface area contributed by atoms with Gasteiger partial charge >= 0.3 is 0 Å². The number of hydrogen-bond acceptors (Lipinski definition) is 5. The molecule has 156 valence electrons. The first kappa shape index (κ1) is 18.3. The van der Waals surface area contributed by atoms with Gasteiger partial charge in [-0.2, -0.15) is 0 Å². The van der Waals surface area contributed by atoms with Gasteiger partial charge in [-0.25, -0.2) is 0 Å². The van der Waals surface area contributed by atoms with Crippen molar-refractivity contribution in [3.8, 4) is 0 Å². The second kappa shape index (κ2) is 5.81. The zero-order valence-electron chi connectivity index (χ0n) is 17.3. The van der Waals surface area contributed by atoms with Crippen molar-refractivity contribution in [2.75, 3.05) is 26.4 Å². The second-order valence-corrected chi connectivity index (χ2v) is 10.9. The number of carbonyl (C=O) groups excluding carboxylic acids is 1. The van der Waals surface area contributed by atoms with Crippen LogP contribution in [0.3, 0.4) is 0 Å². The topological polar surface area (TPSA) is 54.0 Å². The number of ketones is 1. The summed E-state index contributed by atoms with van der Waals surface area (Å²) < 4.78 is 24.5. The maximum atomic E-state index is 13.5. The summed E-state index contributed by atoms with van der Waals surface area (Å²) >= 11 is 0. The van der Waals surface area contributed by atoms with Gasteiger partial charge in [0.05, 0.1) is 26.4 Å². The largest absolute Gasteiger partial charge is 0.348 e. The van der Waals surface area contributed by atoms with Gasteiger partial charge in [-0.3, -0.25) is 4.79 Å². The number of ether oxygens (including phenoxy) is 4. The van der Waals surface area contributed by atoms with Crippen molar-refractivity contribution in [3.05, 3.63) is 0 Å². The number of Topliss-reactive ketones (excluding diaryl/α,β-unsaturated/α-hetero) is 1. The summed E-state index contributed by atoms with van der Waals surface area (Å²) in [5.41, 5.74) is 0.150. The molecular formula is C23H34O5. The first-order valence-electron chi connectivity index (χ1n) is 11.5. The van der Waals surface area contributed by atoms with Gasteiger partial charge in [0.25, 0.3) is 0 Å². The first-order chi connectivity index (χ1) is 13.4. The van der Waals surface area contributed by atoms with Crippen LogP contribution < -0.4 is 0 Å². The van der Waals surface area contributed by atoms with Crippen molar-refractivity contribution in [3.63, 3.8) is 0 Å². The van der Waals surface area contributed by atoms with Crippen molar-refractivity contribution in [2.45, 2.75) is 76.8 Å². The molecule has 4 aliphatic carbocycles. The number of fused-ring (bicyclic) bond motifs is 6. The molecule has 2 saturated heterocycles. The van der Waals surface area contributed by atoms with Gasteiger partial charge in [-0.05, 0) is 48.9 Å². The minimum Gasteiger partial charge on any atom is -0.348 e. The van der Waals surface area contributed by atoms with Gasteiger partial charge in [-0.15, -0.1) is 0 Å². The van der Waals surface area contributed by atoms with E-state index >= 15 is 0 Å². The van der Waals surface area contributed by atoms with Crippen LogP contribution in [0.4, 0.5) is 0 Å². The standard InChI is InChI=1S/C23H34O5/c1-20-7-8-22(25-9-10-26-22)14-18(20)19(24)13-15-16(20)3-5-21(2)17(15)4-6-23(21)27-11-12-28-23/h15-18H,3-14H2,1-2H3/t15-,16+,17+,18-,20-,21+/m1/s1. The van der Waals surface area contributed by atoms with E-state index in [1.807, 2.05) is 0 Å². The highest BCUT2D eigenvalue weighted by atomic mass is 16.7. The Labute approximate surface area is 167 Å². The SMILES string of the molecule is C[C@]12CCC3(C[C@@H]1C(=O)C[C@@H]1[C@@H]2CC[C@@]2(C)[C@H]1CCC21OCCO1)OCCO3. The summed E-state index contributed by atoms with van der Waals surface area (Å²) in [6.07, 6.45) is 7.98. The molecule has 2 heterocycles. The maximum Gasteiger partial charge on any atom is 0.174 e. The van der Waals surface area contributed by atoms with Crippen molar-refractivity contribution < 1.29 is 23.7 Å². The molecule has 28 heavy (non-hydrogen) atoms. The molecule has 0 bridgehead atoms. The molecule has 0 N–H and O–H groups in total. The van der Waals surface area contributed by atoms with E-state index in [2.05, 4.69) is 13.8 Å². The number of hydrogen-bond donors (Lipinski definition) is 0. The van der Waals surface area contributed by atoms with E-state index in [0.717, 1.165) is 58.2 Å². The van der Waals surface area contributed by atoms with Gasteiger partial charge in [0, 0.05) is 37.0 Å². The molecule has 0 radical (unpaired) electrons. The normalized spacial score (nSPS) is 51.3. The van der Waals surface area contributed by atoms with Crippen LogP contribution in [0.25, 0.3) is 0 Å². The zero-order chi connectivity index (χ0) is 19.2. The van der Waals surface area contributed by atoms with E-state index in [1.165, 1.54) is 6.42 Å². The smallest absolute Gasteiger partial charge is 0.174 e. The quantitative estimate of drug-likeness (QED) is 0.631. The summed E-state index contributed by atoms with van der Waals surface area (Å²) in [5, 5.41) is 0. The number of rotatable bonds is 0. The van der Waals surface area contributed by atoms with E-state index in [0.29, 0.717) is 36.8 Å². The van der Waals surface area contributed by atoms with Crippen molar-refractivity contribution >= 4 is 5.78 Å². The predicted octanol–water partition coefficient (Wildman–Crippen LogP) is 3.69. The van der Waals surface area contributed by atoms with Gasteiger partial charge in [0.15, 0.2) is 11.6 Å². The molecule has 6 atom stereocenters. The third-order valence-corrected chi connectivity index (χ3v) is 10.1. The molecule has 5 heteroatoms. The lowest BCUT2D eigenvalue weighted by Crippen LogP contribution is -2.60. The lowest BCUT2D eigenvalue weighted by Gasteiger charge is -2.61. The molecule has 2 spiro atoms. The van der Waals surface area contributed by atoms with Gasteiger partial charge < -0.3 is 18.9 Å². The molecule has 6 rings (SSSR count). The average molecular weight is 391 g/mol. The molecule has 0 aromatic rings. The molecule has 0 aromatic heterocycles. The van der Waals surface area contributed by atoms with Crippen LogP contribution in [0.2, 0.25) is 0 Å². The summed E-state index contributed by atoms with van der Waals surface area (Å²) in [6.45, 7) is 7.58. The Morgan fingerprint density at radius 2 is 1.50 bits per heavy atom. The molecule has 5 nitrogen and oxygen atoms in total. The van der Waals surface area contributed by atoms with Crippen LogP contribution in [0.1, 0.15) is 65.2 Å². The van der Waals surface area contributed by atoms with Crippen LogP contribution in [0.15, 0.2) is 0 Å². The minimum absolute atomic E-state index is 0.0572. The zero-order valence-corrected chi connectivity index (χ0v) is 17.3. The summed E-state index contributed by atoms with van der Waals surface area (Å²) in [7, 11) is 0. The Kier molecular flexibility index (Phi) is 3.79. The fourth-order valence-corrected chi connectivity index (χ4v) is 8.62. The summed E-state index contributed by atoms with van der Waals surface area (Å²) in [5.74, 6) is 1.35. The highest BCUT2D eigenvalue weighted by Crippen LogP contribution is 2.69. The van der Waals surface area contributed by atoms with E-state index < -0.39 is 5.79 Å². The van der Waals surface area contributed by atoms with Crippen molar-refractivity contribution in [1.82, 2.24) is 0 Å². The summed E-state index contributed by atoms with van der Waals surface area (Å²) in [6, 6.07) is 0.